The summed E-state index contributed by atoms with van der Waals surface area (Å²) >= 11 is 5.94. The Labute approximate surface area is 115 Å². The van der Waals surface area contributed by atoms with E-state index in [-0.39, 0.29) is 18.4 Å². The molecule has 1 heterocycles. The van der Waals surface area contributed by atoms with Crippen LogP contribution in [0, 0.1) is 0 Å². The van der Waals surface area contributed by atoms with Crippen molar-refractivity contribution in [3.05, 3.63) is 23.2 Å². The number of benzene rings is 1. The molecule has 0 radical (unpaired) electrons. The smallest absolute Gasteiger partial charge is 0.409 e. The highest BCUT2D eigenvalue weighted by Crippen LogP contribution is 2.24. The van der Waals surface area contributed by atoms with Gasteiger partial charge < -0.3 is 20.7 Å². The van der Waals surface area contributed by atoms with Gasteiger partial charge in [0.05, 0.1) is 17.3 Å². The number of nitrogen functional groups attached to an aromatic ring is 1. The first-order chi connectivity index (χ1) is 9.06. The fraction of sp³-hybridized carbons (Fsp3) is 0.333. The molecule has 0 atom stereocenters. The Morgan fingerprint density at radius 3 is 2.95 bits per heavy atom. The minimum absolute atomic E-state index is 0.190. The number of nitrogens with one attached hydrogen (secondary N) is 1. The fourth-order valence-electron chi connectivity index (χ4n) is 1.71. The van der Waals surface area contributed by atoms with E-state index in [1.165, 1.54) is 4.90 Å². The molecule has 0 saturated carbocycles. The lowest BCUT2D eigenvalue weighted by Gasteiger charge is -2.12. The normalized spacial score (nSPS) is 14.4. The predicted octanol–water partition coefficient (Wildman–Crippen LogP) is 1.70. The molecule has 3 N–H and O–H groups in total. The number of hydrogen-bond acceptors (Lipinski definition) is 4. The topological polar surface area (TPSA) is 84.7 Å². The summed E-state index contributed by atoms with van der Waals surface area (Å²) in [5.41, 5.74) is 6.59. The van der Waals surface area contributed by atoms with E-state index in [1.807, 2.05) is 0 Å². The van der Waals surface area contributed by atoms with Gasteiger partial charge in [-0.3, -0.25) is 4.79 Å². The highest BCUT2D eigenvalue weighted by atomic mass is 35.5. The van der Waals surface area contributed by atoms with Crippen LogP contribution in [0.1, 0.15) is 6.42 Å². The lowest BCUT2D eigenvalue weighted by molar-refractivity contribution is -0.116. The average molecular weight is 284 g/mol. The highest BCUT2D eigenvalue weighted by molar-refractivity contribution is 6.34. The maximum Gasteiger partial charge on any atom is 0.409 e. The third-order valence-corrected chi connectivity index (χ3v) is 3.03. The molecule has 1 aliphatic rings. The van der Waals surface area contributed by atoms with Crippen LogP contribution in [-0.2, 0) is 9.53 Å². The van der Waals surface area contributed by atoms with Gasteiger partial charge in [0.15, 0.2) is 0 Å². The van der Waals surface area contributed by atoms with Gasteiger partial charge in [0.2, 0.25) is 5.91 Å². The van der Waals surface area contributed by atoms with Crippen molar-refractivity contribution < 1.29 is 14.3 Å². The van der Waals surface area contributed by atoms with Crippen LogP contribution in [0.4, 0.5) is 16.2 Å². The Bertz CT molecular complexity index is 507. The van der Waals surface area contributed by atoms with Crippen LogP contribution in [0.25, 0.3) is 0 Å². The SMILES string of the molecule is Nc1ccc(NC(=O)CCN2CCOC2=O)c(Cl)c1. The summed E-state index contributed by atoms with van der Waals surface area (Å²) in [5.74, 6) is -0.216. The molecule has 2 rings (SSSR count). The van der Waals surface area contributed by atoms with Crippen molar-refractivity contribution in [1.82, 2.24) is 4.90 Å². The lowest BCUT2D eigenvalue weighted by Crippen LogP contribution is -2.28. The molecule has 19 heavy (non-hydrogen) atoms. The van der Waals surface area contributed by atoms with Crippen molar-refractivity contribution >= 4 is 35.0 Å². The molecule has 1 aliphatic heterocycles. The van der Waals surface area contributed by atoms with Crippen molar-refractivity contribution in [2.24, 2.45) is 0 Å². The maximum atomic E-state index is 11.7. The van der Waals surface area contributed by atoms with Gasteiger partial charge in [0, 0.05) is 18.7 Å². The highest BCUT2D eigenvalue weighted by Gasteiger charge is 2.22. The van der Waals surface area contributed by atoms with Gasteiger partial charge in [-0.2, -0.15) is 0 Å². The van der Waals surface area contributed by atoms with Crippen molar-refractivity contribution in [2.45, 2.75) is 6.42 Å². The third-order valence-electron chi connectivity index (χ3n) is 2.72. The first-order valence-electron chi connectivity index (χ1n) is 5.83. The van der Waals surface area contributed by atoms with Gasteiger partial charge >= 0.3 is 6.09 Å². The zero-order chi connectivity index (χ0) is 13.8. The summed E-state index contributed by atoms with van der Waals surface area (Å²) in [4.78, 5) is 24.4. The number of halogens is 1. The molecular formula is C12H14ClN3O3. The van der Waals surface area contributed by atoms with Crippen LogP contribution in [0.3, 0.4) is 0 Å². The van der Waals surface area contributed by atoms with E-state index < -0.39 is 0 Å². The fourth-order valence-corrected chi connectivity index (χ4v) is 1.95. The zero-order valence-electron chi connectivity index (χ0n) is 10.2. The summed E-state index contributed by atoms with van der Waals surface area (Å²) in [6, 6.07) is 4.86. The summed E-state index contributed by atoms with van der Waals surface area (Å²) in [5, 5.41) is 3.05. The second-order valence-electron chi connectivity index (χ2n) is 4.14. The first kappa shape index (κ1) is 13.5. The molecule has 1 aromatic carbocycles. The molecule has 0 unspecified atom stereocenters. The van der Waals surface area contributed by atoms with Gasteiger partial charge in [-0.1, -0.05) is 11.6 Å². The Morgan fingerprint density at radius 2 is 2.32 bits per heavy atom. The number of carbonyl (C=O) groups excluding carboxylic acids is 2. The second-order valence-corrected chi connectivity index (χ2v) is 4.55. The Balaban J connectivity index is 1.85. The van der Waals surface area contributed by atoms with E-state index in [9.17, 15) is 9.59 Å². The van der Waals surface area contributed by atoms with Gasteiger partial charge in [-0.15, -0.1) is 0 Å². The number of anilines is 2. The number of nitrogens with two attached hydrogens (primary N) is 1. The van der Waals surface area contributed by atoms with Crippen LogP contribution in [0.5, 0.6) is 0 Å². The molecular weight excluding hydrogens is 270 g/mol. The summed E-state index contributed by atoms with van der Waals surface area (Å²) in [7, 11) is 0. The molecule has 1 saturated heterocycles. The van der Waals surface area contributed by atoms with Gasteiger partial charge in [-0.05, 0) is 18.2 Å². The van der Waals surface area contributed by atoms with Gasteiger partial charge in [0.1, 0.15) is 6.61 Å². The standard InChI is InChI=1S/C12H14ClN3O3/c13-9-7-8(14)1-2-10(9)15-11(17)3-4-16-5-6-19-12(16)18/h1-2,7H,3-6,14H2,(H,15,17). The van der Waals surface area contributed by atoms with Crippen molar-refractivity contribution in [2.75, 3.05) is 30.7 Å². The predicted molar refractivity (Wildman–Crippen MR) is 72.0 cm³/mol. The first-order valence-corrected chi connectivity index (χ1v) is 6.20. The van der Waals surface area contributed by atoms with Crippen LogP contribution >= 0.6 is 11.6 Å². The number of cyclic esters (lactones) is 1. The van der Waals surface area contributed by atoms with Crippen molar-refractivity contribution in [3.63, 3.8) is 0 Å². The monoisotopic (exact) mass is 283 g/mol. The van der Waals surface area contributed by atoms with E-state index in [0.29, 0.717) is 36.1 Å². The average Bonchev–Trinajstić information content (AvgIpc) is 2.76. The van der Waals surface area contributed by atoms with Crippen LogP contribution in [0.15, 0.2) is 18.2 Å². The molecule has 0 spiro atoms. The molecule has 0 aliphatic carbocycles. The molecule has 0 aromatic heterocycles. The summed E-state index contributed by atoms with van der Waals surface area (Å²) in [6.45, 7) is 1.23. The molecule has 1 fully saturated rings. The number of hydrogen-bond donors (Lipinski definition) is 2. The zero-order valence-corrected chi connectivity index (χ0v) is 10.9. The van der Waals surface area contributed by atoms with Crippen LogP contribution in [-0.4, -0.2) is 36.6 Å². The number of amides is 2. The van der Waals surface area contributed by atoms with E-state index in [4.69, 9.17) is 22.1 Å². The molecule has 102 valence electrons. The van der Waals surface area contributed by atoms with E-state index in [2.05, 4.69) is 5.32 Å². The van der Waals surface area contributed by atoms with Gasteiger partial charge in [0.25, 0.3) is 0 Å². The maximum absolute atomic E-state index is 11.7. The van der Waals surface area contributed by atoms with Crippen molar-refractivity contribution in [3.8, 4) is 0 Å². The molecule has 6 nitrogen and oxygen atoms in total. The Hall–Kier alpha value is -1.95. The molecule has 7 heteroatoms. The third kappa shape index (κ3) is 3.51. The minimum atomic E-state index is -0.377. The number of rotatable bonds is 4. The Morgan fingerprint density at radius 1 is 1.53 bits per heavy atom. The minimum Gasteiger partial charge on any atom is -0.448 e. The van der Waals surface area contributed by atoms with Crippen LogP contribution < -0.4 is 11.1 Å². The number of ether oxygens (including phenoxy) is 1. The quantitative estimate of drug-likeness (QED) is 0.824. The van der Waals surface area contributed by atoms with Gasteiger partial charge in [-0.25, -0.2) is 4.79 Å². The Kier molecular flexibility index (Phi) is 4.11. The second kappa shape index (κ2) is 5.79. The van der Waals surface area contributed by atoms with E-state index in [1.54, 1.807) is 18.2 Å². The number of carbonyl (C=O) groups is 2. The number of nitrogens with zero attached hydrogens (tertiary/aromatic N) is 1. The molecule has 0 bridgehead atoms. The molecule has 1 aromatic rings. The largest absolute Gasteiger partial charge is 0.448 e. The summed E-state index contributed by atoms with van der Waals surface area (Å²) < 4.78 is 4.77. The van der Waals surface area contributed by atoms with E-state index in [0.717, 1.165) is 0 Å². The summed E-state index contributed by atoms with van der Waals surface area (Å²) in [6.07, 6.45) is -0.186. The lowest BCUT2D eigenvalue weighted by atomic mass is 10.2. The van der Waals surface area contributed by atoms with Crippen LogP contribution in [0.2, 0.25) is 5.02 Å². The van der Waals surface area contributed by atoms with E-state index >= 15 is 0 Å². The van der Waals surface area contributed by atoms with Crippen molar-refractivity contribution in [1.29, 1.82) is 0 Å². The molecule has 2 amide bonds.